The molecule has 0 fully saturated rings. The van der Waals surface area contributed by atoms with Crippen LogP contribution in [0, 0.1) is 19.8 Å². The summed E-state index contributed by atoms with van der Waals surface area (Å²) in [5, 5.41) is 10.6. The Hall–Kier alpha value is -0.790. The van der Waals surface area contributed by atoms with Crippen LogP contribution < -0.4 is 10.6 Å². The van der Waals surface area contributed by atoms with E-state index in [1.54, 1.807) is 0 Å². The first-order chi connectivity index (χ1) is 9.54. The van der Waals surface area contributed by atoms with Crippen LogP contribution in [0.25, 0.3) is 0 Å². The van der Waals surface area contributed by atoms with Gasteiger partial charge in [0, 0.05) is 25.2 Å². The molecule has 0 saturated heterocycles. The van der Waals surface area contributed by atoms with Crippen LogP contribution in [-0.2, 0) is 6.42 Å². The van der Waals surface area contributed by atoms with Crippen LogP contribution in [0.4, 0.5) is 0 Å². The molecule has 0 atom stereocenters. The maximum absolute atomic E-state index is 5.17. The van der Waals surface area contributed by atoms with E-state index in [9.17, 15) is 0 Å². The van der Waals surface area contributed by atoms with E-state index in [1.165, 1.54) is 5.56 Å². The van der Waals surface area contributed by atoms with Gasteiger partial charge in [-0.3, -0.25) is 4.99 Å². The van der Waals surface area contributed by atoms with E-state index >= 15 is 0 Å². The molecule has 1 heterocycles. The second kappa shape index (κ2) is 10.9. The maximum atomic E-state index is 5.17. The summed E-state index contributed by atoms with van der Waals surface area (Å²) in [6.07, 6.45) is 2.01. The molecule has 1 aromatic heterocycles. The van der Waals surface area contributed by atoms with Crippen LogP contribution in [0.3, 0.4) is 0 Å². The number of hydrogen-bond acceptors (Lipinski definition) is 3. The van der Waals surface area contributed by atoms with Gasteiger partial charge >= 0.3 is 0 Å². The average molecular weight is 408 g/mol. The normalized spacial score (nSPS) is 11.4. The molecule has 0 radical (unpaired) electrons. The number of aromatic nitrogens is 1. The Labute approximate surface area is 145 Å². The van der Waals surface area contributed by atoms with E-state index in [-0.39, 0.29) is 24.0 Å². The highest BCUT2D eigenvalue weighted by atomic mass is 127. The number of hydrogen-bond donors (Lipinski definition) is 2. The third-order valence-corrected chi connectivity index (χ3v) is 3.17. The lowest BCUT2D eigenvalue weighted by atomic mass is 10.1. The summed E-state index contributed by atoms with van der Waals surface area (Å²) in [7, 11) is 0. The number of aryl methyl sites for hydroxylation is 2. The van der Waals surface area contributed by atoms with Crippen molar-refractivity contribution in [3.8, 4) is 0 Å². The molecule has 5 nitrogen and oxygen atoms in total. The second-order valence-corrected chi connectivity index (χ2v) is 5.42. The van der Waals surface area contributed by atoms with Crippen molar-refractivity contribution in [1.29, 1.82) is 0 Å². The first kappa shape index (κ1) is 20.2. The molecule has 1 aromatic rings. The molecule has 0 unspecified atom stereocenters. The summed E-state index contributed by atoms with van der Waals surface area (Å²) >= 11 is 0. The zero-order valence-electron chi connectivity index (χ0n) is 13.8. The number of guanidine groups is 1. The standard InChI is InChI=1S/C15H28N4O.HI/c1-6-16-15(17-9-7-11(2)3)18-10-8-14-12(4)19-20-13(14)5;/h11H,6-10H2,1-5H3,(H2,16,17,18);1H. The number of rotatable bonds is 7. The highest BCUT2D eigenvalue weighted by molar-refractivity contribution is 14.0. The van der Waals surface area contributed by atoms with Crippen LogP contribution in [0.15, 0.2) is 9.52 Å². The van der Waals surface area contributed by atoms with E-state index in [2.05, 4.69) is 41.6 Å². The van der Waals surface area contributed by atoms with Crippen molar-refractivity contribution in [2.24, 2.45) is 10.9 Å². The summed E-state index contributed by atoms with van der Waals surface area (Å²) < 4.78 is 5.17. The Bertz CT molecular complexity index is 410. The van der Waals surface area contributed by atoms with E-state index < -0.39 is 0 Å². The van der Waals surface area contributed by atoms with Gasteiger partial charge in [0.25, 0.3) is 0 Å². The van der Waals surface area contributed by atoms with Crippen LogP contribution in [-0.4, -0.2) is 30.8 Å². The smallest absolute Gasteiger partial charge is 0.191 e. The second-order valence-electron chi connectivity index (χ2n) is 5.42. The Morgan fingerprint density at radius 3 is 2.52 bits per heavy atom. The van der Waals surface area contributed by atoms with Crippen LogP contribution in [0.2, 0.25) is 0 Å². The highest BCUT2D eigenvalue weighted by Gasteiger charge is 2.08. The summed E-state index contributed by atoms with van der Waals surface area (Å²) in [5.74, 6) is 2.48. The molecular formula is C15H29IN4O. The molecule has 0 aliphatic carbocycles. The fraction of sp³-hybridized carbons (Fsp3) is 0.733. The molecule has 0 aromatic carbocycles. The number of nitrogens with zero attached hydrogens (tertiary/aromatic N) is 2. The van der Waals surface area contributed by atoms with Gasteiger partial charge < -0.3 is 15.2 Å². The zero-order chi connectivity index (χ0) is 15.0. The van der Waals surface area contributed by atoms with Crippen LogP contribution in [0.1, 0.15) is 44.2 Å². The summed E-state index contributed by atoms with van der Waals surface area (Å²) in [6, 6.07) is 0. The SMILES string of the molecule is CCNC(=NCCC(C)C)NCCc1c(C)noc1C.I. The van der Waals surface area contributed by atoms with E-state index in [0.29, 0.717) is 5.92 Å². The van der Waals surface area contributed by atoms with Crippen molar-refractivity contribution in [2.45, 2.75) is 47.5 Å². The van der Waals surface area contributed by atoms with Crippen molar-refractivity contribution < 1.29 is 4.52 Å². The predicted molar refractivity (Wildman–Crippen MR) is 98.5 cm³/mol. The fourth-order valence-corrected chi connectivity index (χ4v) is 1.94. The largest absolute Gasteiger partial charge is 0.361 e. The minimum absolute atomic E-state index is 0. The Morgan fingerprint density at radius 1 is 1.29 bits per heavy atom. The lowest BCUT2D eigenvalue weighted by Crippen LogP contribution is -2.38. The minimum Gasteiger partial charge on any atom is -0.361 e. The Balaban J connectivity index is 0.00000400. The molecule has 1 rings (SSSR count). The van der Waals surface area contributed by atoms with Gasteiger partial charge in [-0.15, -0.1) is 24.0 Å². The van der Waals surface area contributed by atoms with Gasteiger partial charge in [0.2, 0.25) is 0 Å². The molecule has 0 aliphatic heterocycles. The van der Waals surface area contributed by atoms with Crippen LogP contribution >= 0.6 is 24.0 Å². The van der Waals surface area contributed by atoms with Crippen molar-refractivity contribution in [3.05, 3.63) is 17.0 Å². The molecule has 0 bridgehead atoms. The zero-order valence-corrected chi connectivity index (χ0v) is 16.2. The first-order valence-electron chi connectivity index (χ1n) is 7.48. The average Bonchev–Trinajstić information content (AvgIpc) is 2.70. The molecule has 2 N–H and O–H groups in total. The third kappa shape index (κ3) is 7.68. The van der Waals surface area contributed by atoms with Gasteiger partial charge in [-0.05, 0) is 39.5 Å². The van der Waals surface area contributed by atoms with Crippen LogP contribution in [0.5, 0.6) is 0 Å². The monoisotopic (exact) mass is 408 g/mol. The third-order valence-electron chi connectivity index (χ3n) is 3.17. The van der Waals surface area contributed by atoms with Gasteiger partial charge in [0.1, 0.15) is 5.76 Å². The van der Waals surface area contributed by atoms with E-state index in [4.69, 9.17) is 4.52 Å². The van der Waals surface area contributed by atoms with Crippen molar-refractivity contribution in [2.75, 3.05) is 19.6 Å². The first-order valence-corrected chi connectivity index (χ1v) is 7.48. The van der Waals surface area contributed by atoms with E-state index in [1.807, 2.05) is 13.8 Å². The Morgan fingerprint density at radius 2 is 2.00 bits per heavy atom. The predicted octanol–water partition coefficient (Wildman–Crippen LogP) is 3.05. The minimum atomic E-state index is 0. The van der Waals surface area contributed by atoms with Crippen molar-refractivity contribution in [1.82, 2.24) is 15.8 Å². The number of nitrogens with one attached hydrogen (secondary N) is 2. The number of aliphatic imine (C=N–C) groups is 1. The topological polar surface area (TPSA) is 62.5 Å². The summed E-state index contributed by atoms with van der Waals surface area (Å²) in [5.41, 5.74) is 2.17. The van der Waals surface area contributed by atoms with E-state index in [0.717, 1.165) is 49.9 Å². The quantitative estimate of drug-likeness (QED) is 0.414. The summed E-state index contributed by atoms with van der Waals surface area (Å²) in [6.45, 7) is 13.0. The molecule has 0 spiro atoms. The molecule has 122 valence electrons. The molecule has 6 heteroatoms. The number of halogens is 1. The molecule has 0 saturated carbocycles. The molecule has 0 amide bonds. The molecule has 0 aliphatic rings. The maximum Gasteiger partial charge on any atom is 0.191 e. The van der Waals surface area contributed by atoms with Crippen molar-refractivity contribution >= 4 is 29.9 Å². The lowest BCUT2D eigenvalue weighted by Gasteiger charge is -2.11. The fourth-order valence-electron chi connectivity index (χ4n) is 1.94. The lowest BCUT2D eigenvalue weighted by molar-refractivity contribution is 0.392. The highest BCUT2D eigenvalue weighted by Crippen LogP contribution is 2.11. The van der Waals surface area contributed by atoms with Gasteiger partial charge in [-0.2, -0.15) is 0 Å². The summed E-state index contributed by atoms with van der Waals surface area (Å²) in [4.78, 5) is 4.57. The van der Waals surface area contributed by atoms with Gasteiger partial charge in [0.15, 0.2) is 5.96 Å². The van der Waals surface area contributed by atoms with Crippen molar-refractivity contribution in [3.63, 3.8) is 0 Å². The van der Waals surface area contributed by atoms with Gasteiger partial charge in [-0.1, -0.05) is 19.0 Å². The molecular weight excluding hydrogens is 379 g/mol. The van der Waals surface area contributed by atoms with Gasteiger partial charge in [0.05, 0.1) is 5.69 Å². The molecule has 21 heavy (non-hydrogen) atoms. The van der Waals surface area contributed by atoms with Gasteiger partial charge in [-0.25, -0.2) is 0 Å². The Kier molecular flexibility index (Phi) is 10.5.